The number of carbonyl (C=O) groups is 1. The number of nitrogens with one attached hydrogen (secondary N) is 1. The minimum absolute atomic E-state index is 0.371. The molecule has 1 aliphatic carbocycles. The van der Waals surface area contributed by atoms with Gasteiger partial charge in [-0.1, -0.05) is 13.3 Å². The quantitative estimate of drug-likeness (QED) is 0.839. The Morgan fingerprint density at radius 3 is 2.50 bits per heavy atom. The number of rotatable bonds is 5. The highest BCUT2D eigenvalue weighted by Crippen LogP contribution is 2.29. The molecule has 116 valence electrons. The van der Waals surface area contributed by atoms with Gasteiger partial charge in [-0.15, -0.1) is 0 Å². The van der Waals surface area contributed by atoms with Crippen LogP contribution < -0.4 is 5.32 Å². The summed E-state index contributed by atoms with van der Waals surface area (Å²) in [6, 6.07) is 0.509. The van der Waals surface area contributed by atoms with E-state index in [-0.39, 0.29) is 0 Å². The third-order valence-electron chi connectivity index (χ3n) is 5.50. The van der Waals surface area contributed by atoms with Crippen LogP contribution in [0.5, 0.6) is 0 Å². The van der Waals surface area contributed by atoms with E-state index in [1.165, 1.54) is 44.9 Å². The van der Waals surface area contributed by atoms with E-state index in [2.05, 4.69) is 17.1 Å². The summed E-state index contributed by atoms with van der Waals surface area (Å²) < 4.78 is 0. The predicted octanol–water partition coefficient (Wildman–Crippen LogP) is 3.19. The van der Waals surface area contributed by atoms with Gasteiger partial charge in [0.25, 0.3) is 0 Å². The SMILES string of the molecule is CCC1CCC(N(C)C(=O)CCC2CCCNC2)CC1. The van der Waals surface area contributed by atoms with E-state index in [0.29, 0.717) is 11.9 Å². The van der Waals surface area contributed by atoms with E-state index in [9.17, 15) is 4.79 Å². The molecule has 1 aliphatic heterocycles. The number of hydrogen-bond donors (Lipinski definition) is 1. The molecule has 0 radical (unpaired) electrons. The summed E-state index contributed by atoms with van der Waals surface area (Å²) in [5, 5.41) is 3.44. The normalized spacial score (nSPS) is 31.0. The van der Waals surface area contributed by atoms with Gasteiger partial charge in [-0.3, -0.25) is 4.79 Å². The highest BCUT2D eigenvalue weighted by atomic mass is 16.2. The molecule has 0 aromatic rings. The standard InChI is InChI=1S/C17H32N2O/c1-3-14-6-9-16(10-7-14)19(2)17(20)11-8-15-5-4-12-18-13-15/h14-16,18H,3-13H2,1-2H3. The minimum Gasteiger partial charge on any atom is -0.343 e. The van der Waals surface area contributed by atoms with Crippen molar-refractivity contribution in [1.82, 2.24) is 10.2 Å². The molecule has 1 N–H and O–H groups in total. The zero-order valence-electron chi connectivity index (χ0n) is 13.4. The van der Waals surface area contributed by atoms with Crippen molar-refractivity contribution in [3.05, 3.63) is 0 Å². The molecule has 1 heterocycles. The lowest BCUT2D eigenvalue weighted by Crippen LogP contribution is -2.40. The maximum Gasteiger partial charge on any atom is 0.222 e. The van der Waals surface area contributed by atoms with E-state index in [1.54, 1.807) is 0 Å². The Balaban J connectivity index is 1.69. The van der Waals surface area contributed by atoms with Gasteiger partial charge in [0.15, 0.2) is 0 Å². The predicted molar refractivity (Wildman–Crippen MR) is 83.6 cm³/mol. The van der Waals surface area contributed by atoms with E-state index >= 15 is 0 Å². The molecule has 1 amide bonds. The number of carbonyl (C=O) groups excluding carboxylic acids is 1. The molecule has 1 atom stereocenters. The fourth-order valence-corrected chi connectivity index (χ4v) is 3.82. The lowest BCUT2D eigenvalue weighted by Gasteiger charge is -2.35. The van der Waals surface area contributed by atoms with E-state index in [0.717, 1.165) is 37.8 Å². The van der Waals surface area contributed by atoms with Crippen molar-refractivity contribution in [1.29, 1.82) is 0 Å². The van der Waals surface area contributed by atoms with Gasteiger partial charge in [0.05, 0.1) is 0 Å². The number of amides is 1. The van der Waals surface area contributed by atoms with Crippen molar-refractivity contribution in [3.63, 3.8) is 0 Å². The summed E-state index contributed by atoms with van der Waals surface area (Å²) >= 11 is 0. The van der Waals surface area contributed by atoms with Crippen LogP contribution in [0.15, 0.2) is 0 Å². The summed E-state index contributed by atoms with van der Waals surface area (Å²) in [5.41, 5.74) is 0. The molecule has 2 aliphatic rings. The smallest absolute Gasteiger partial charge is 0.222 e. The maximum atomic E-state index is 12.3. The second kappa shape index (κ2) is 8.02. The lowest BCUT2D eigenvalue weighted by molar-refractivity contribution is -0.133. The van der Waals surface area contributed by atoms with Gasteiger partial charge in [0, 0.05) is 19.5 Å². The molecular formula is C17H32N2O. The molecule has 3 nitrogen and oxygen atoms in total. The number of nitrogens with zero attached hydrogens (tertiary/aromatic N) is 1. The van der Waals surface area contributed by atoms with Gasteiger partial charge in [0.1, 0.15) is 0 Å². The van der Waals surface area contributed by atoms with Gasteiger partial charge >= 0.3 is 0 Å². The van der Waals surface area contributed by atoms with Crippen molar-refractivity contribution in [2.75, 3.05) is 20.1 Å². The molecule has 3 heteroatoms. The fourth-order valence-electron chi connectivity index (χ4n) is 3.82. The van der Waals surface area contributed by atoms with Crippen LogP contribution in [0.1, 0.15) is 64.7 Å². The van der Waals surface area contributed by atoms with Crippen LogP contribution in [0.25, 0.3) is 0 Å². The van der Waals surface area contributed by atoms with Gasteiger partial charge in [-0.05, 0) is 69.9 Å². The largest absolute Gasteiger partial charge is 0.343 e. The summed E-state index contributed by atoms with van der Waals surface area (Å²) in [5.74, 6) is 2.00. The molecular weight excluding hydrogens is 248 g/mol. The van der Waals surface area contributed by atoms with Crippen LogP contribution in [-0.4, -0.2) is 37.0 Å². The molecule has 20 heavy (non-hydrogen) atoms. The Hall–Kier alpha value is -0.570. The third kappa shape index (κ3) is 4.47. The topological polar surface area (TPSA) is 32.3 Å². The van der Waals surface area contributed by atoms with Gasteiger partial charge < -0.3 is 10.2 Å². The van der Waals surface area contributed by atoms with Crippen LogP contribution in [0.4, 0.5) is 0 Å². The molecule has 0 bridgehead atoms. The average Bonchev–Trinajstić information content (AvgIpc) is 2.53. The van der Waals surface area contributed by atoms with Crippen molar-refractivity contribution in [2.45, 2.75) is 70.8 Å². The zero-order chi connectivity index (χ0) is 14.4. The van der Waals surface area contributed by atoms with Crippen molar-refractivity contribution < 1.29 is 4.79 Å². The van der Waals surface area contributed by atoms with Crippen LogP contribution >= 0.6 is 0 Å². The Morgan fingerprint density at radius 2 is 1.90 bits per heavy atom. The van der Waals surface area contributed by atoms with Gasteiger partial charge in [-0.2, -0.15) is 0 Å². The monoisotopic (exact) mass is 280 g/mol. The molecule has 0 spiro atoms. The third-order valence-corrected chi connectivity index (χ3v) is 5.50. The molecule has 2 fully saturated rings. The summed E-state index contributed by atoms with van der Waals surface area (Å²) in [6.07, 6.45) is 10.7. The molecule has 1 saturated heterocycles. The molecule has 1 unspecified atom stereocenters. The summed E-state index contributed by atoms with van der Waals surface area (Å²) in [6.45, 7) is 4.56. The first-order chi connectivity index (χ1) is 9.70. The second-order valence-corrected chi connectivity index (χ2v) is 6.84. The first kappa shape index (κ1) is 15.8. The molecule has 2 rings (SSSR count). The highest BCUT2D eigenvalue weighted by molar-refractivity contribution is 5.76. The fraction of sp³-hybridized carbons (Fsp3) is 0.941. The van der Waals surface area contributed by atoms with Gasteiger partial charge in [0.2, 0.25) is 5.91 Å². The molecule has 0 aromatic heterocycles. The number of hydrogen-bond acceptors (Lipinski definition) is 2. The second-order valence-electron chi connectivity index (χ2n) is 6.84. The number of piperidine rings is 1. The molecule has 1 saturated carbocycles. The maximum absolute atomic E-state index is 12.3. The van der Waals surface area contributed by atoms with Crippen molar-refractivity contribution in [3.8, 4) is 0 Å². The van der Waals surface area contributed by atoms with Crippen molar-refractivity contribution in [2.24, 2.45) is 11.8 Å². The molecule has 0 aromatic carbocycles. The average molecular weight is 280 g/mol. The minimum atomic E-state index is 0.371. The van der Waals surface area contributed by atoms with E-state index in [4.69, 9.17) is 0 Å². The van der Waals surface area contributed by atoms with E-state index < -0.39 is 0 Å². The van der Waals surface area contributed by atoms with Crippen LogP contribution in [0, 0.1) is 11.8 Å². The Morgan fingerprint density at radius 1 is 1.15 bits per heavy atom. The lowest BCUT2D eigenvalue weighted by atomic mass is 9.84. The Kier molecular flexibility index (Phi) is 6.34. The van der Waals surface area contributed by atoms with E-state index in [1.807, 2.05) is 7.05 Å². The summed E-state index contributed by atoms with van der Waals surface area (Å²) in [7, 11) is 2.03. The first-order valence-electron chi connectivity index (χ1n) is 8.67. The Labute approximate surface area is 124 Å². The van der Waals surface area contributed by atoms with Crippen molar-refractivity contribution >= 4 is 5.91 Å². The summed E-state index contributed by atoms with van der Waals surface area (Å²) in [4.78, 5) is 14.4. The Bertz CT molecular complexity index is 291. The first-order valence-corrected chi connectivity index (χ1v) is 8.67. The van der Waals surface area contributed by atoms with Crippen LogP contribution in [-0.2, 0) is 4.79 Å². The van der Waals surface area contributed by atoms with Crippen LogP contribution in [0.3, 0.4) is 0 Å². The zero-order valence-corrected chi connectivity index (χ0v) is 13.4. The highest BCUT2D eigenvalue weighted by Gasteiger charge is 2.26. The van der Waals surface area contributed by atoms with Gasteiger partial charge in [-0.25, -0.2) is 0 Å². The van der Waals surface area contributed by atoms with Crippen LogP contribution in [0.2, 0.25) is 0 Å².